The molecule has 0 heterocycles. The average Bonchev–Trinajstić information content (AvgIpc) is 2.86. The number of halogens is 6. The number of amides is 1. The summed E-state index contributed by atoms with van der Waals surface area (Å²) in [6.45, 7) is 0.574. The van der Waals surface area contributed by atoms with E-state index in [0.29, 0.717) is 11.3 Å². The molecule has 1 N–H and O–H groups in total. The lowest BCUT2D eigenvalue weighted by Gasteiger charge is -2.23. The topological polar surface area (TPSA) is 94.5 Å². The van der Waals surface area contributed by atoms with E-state index in [1.165, 1.54) is 12.1 Å². The van der Waals surface area contributed by atoms with Gasteiger partial charge >= 0.3 is 24.3 Å². The maximum atomic E-state index is 13.0. The standard InChI is InChI=1S/C25H27BrF5NO7/c1-2-36-21(22(33)34)16-17-4-8-19(9-5-17)37-15-13-32(12-3-14-38-25(30,31)24(27,28)29)23(35)39-20-10-6-18(26)7-11-20/h4-11,21H,2-3,12-16H2,1H3,(H,33,34). The second-order valence-corrected chi connectivity index (χ2v) is 8.92. The highest BCUT2D eigenvalue weighted by atomic mass is 79.9. The Bertz CT molecular complexity index is 1050. The van der Waals surface area contributed by atoms with E-state index in [2.05, 4.69) is 20.7 Å². The summed E-state index contributed by atoms with van der Waals surface area (Å²) >= 11 is 3.24. The van der Waals surface area contributed by atoms with Gasteiger partial charge in [0.25, 0.3) is 0 Å². The van der Waals surface area contributed by atoms with Gasteiger partial charge in [-0.2, -0.15) is 22.0 Å². The van der Waals surface area contributed by atoms with Gasteiger partial charge in [0.2, 0.25) is 0 Å². The van der Waals surface area contributed by atoms with Gasteiger partial charge in [-0.3, -0.25) is 0 Å². The molecule has 14 heteroatoms. The minimum atomic E-state index is -5.85. The zero-order valence-electron chi connectivity index (χ0n) is 20.8. The third-order valence-electron chi connectivity index (χ3n) is 5.08. The number of benzene rings is 2. The van der Waals surface area contributed by atoms with Crippen molar-refractivity contribution in [3.63, 3.8) is 0 Å². The van der Waals surface area contributed by atoms with E-state index in [9.17, 15) is 36.6 Å². The number of carboxylic acids is 1. The average molecular weight is 628 g/mol. The highest BCUT2D eigenvalue weighted by molar-refractivity contribution is 9.10. The molecule has 2 rings (SSSR count). The van der Waals surface area contributed by atoms with Gasteiger partial charge in [0, 0.05) is 24.0 Å². The number of hydrogen-bond donors (Lipinski definition) is 1. The number of carboxylic acid groups (broad SMARTS) is 1. The van der Waals surface area contributed by atoms with E-state index >= 15 is 0 Å². The minimum absolute atomic E-state index is 0.0644. The Morgan fingerprint density at radius 3 is 2.13 bits per heavy atom. The van der Waals surface area contributed by atoms with Crippen LogP contribution in [0.15, 0.2) is 53.0 Å². The number of rotatable bonds is 15. The molecule has 0 radical (unpaired) electrons. The lowest BCUT2D eigenvalue weighted by molar-refractivity contribution is -0.391. The summed E-state index contributed by atoms with van der Waals surface area (Å²) in [5, 5.41) is 9.20. The highest BCUT2D eigenvalue weighted by Crippen LogP contribution is 2.36. The molecule has 0 fully saturated rings. The molecule has 0 aromatic heterocycles. The number of carbonyl (C=O) groups is 2. The van der Waals surface area contributed by atoms with Crippen LogP contribution in [0.3, 0.4) is 0 Å². The zero-order valence-corrected chi connectivity index (χ0v) is 22.3. The Morgan fingerprint density at radius 1 is 0.949 bits per heavy atom. The first-order valence-electron chi connectivity index (χ1n) is 11.7. The Kier molecular flexibility index (Phi) is 12.4. The van der Waals surface area contributed by atoms with Crippen molar-refractivity contribution in [1.82, 2.24) is 4.90 Å². The van der Waals surface area contributed by atoms with Crippen LogP contribution in [0.1, 0.15) is 18.9 Å². The predicted molar refractivity (Wildman–Crippen MR) is 132 cm³/mol. The monoisotopic (exact) mass is 627 g/mol. The van der Waals surface area contributed by atoms with Gasteiger partial charge in [0.05, 0.1) is 13.2 Å². The van der Waals surface area contributed by atoms with Gasteiger partial charge in [-0.1, -0.05) is 28.1 Å². The third kappa shape index (κ3) is 11.0. The van der Waals surface area contributed by atoms with Crippen molar-refractivity contribution in [2.75, 3.05) is 32.9 Å². The largest absolute Gasteiger partial charge is 0.492 e. The van der Waals surface area contributed by atoms with Crippen LogP contribution in [0.5, 0.6) is 11.5 Å². The highest BCUT2D eigenvalue weighted by Gasteiger charge is 2.59. The Hall–Kier alpha value is -2.97. The smallest absolute Gasteiger partial charge is 0.482 e. The van der Waals surface area contributed by atoms with E-state index in [4.69, 9.17) is 14.2 Å². The number of nitrogens with zero attached hydrogens (tertiary/aromatic N) is 1. The fourth-order valence-corrected chi connectivity index (χ4v) is 3.39. The quantitative estimate of drug-likeness (QED) is 0.193. The first-order chi connectivity index (χ1) is 18.3. The molecule has 1 amide bonds. The van der Waals surface area contributed by atoms with Crippen LogP contribution >= 0.6 is 15.9 Å². The van der Waals surface area contributed by atoms with Crippen LogP contribution in [-0.2, 0) is 20.7 Å². The SMILES string of the molecule is CCOC(Cc1ccc(OCCN(CCCOC(F)(F)C(F)(F)F)C(=O)Oc2ccc(Br)cc2)cc1)C(=O)O. The molecule has 2 aromatic rings. The Labute approximate surface area is 229 Å². The zero-order chi connectivity index (χ0) is 29.1. The first-order valence-corrected chi connectivity index (χ1v) is 12.5. The molecule has 0 bridgehead atoms. The van der Waals surface area contributed by atoms with E-state index in [0.717, 1.165) is 9.37 Å². The van der Waals surface area contributed by atoms with Gasteiger partial charge in [-0.05, 0) is 55.3 Å². The molecule has 39 heavy (non-hydrogen) atoms. The maximum absolute atomic E-state index is 13.0. The van der Waals surface area contributed by atoms with Crippen molar-refractivity contribution in [3.05, 3.63) is 58.6 Å². The van der Waals surface area contributed by atoms with Crippen LogP contribution in [0.4, 0.5) is 26.7 Å². The second kappa shape index (κ2) is 15.0. The van der Waals surface area contributed by atoms with Crippen LogP contribution in [0, 0.1) is 0 Å². The molecule has 8 nitrogen and oxygen atoms in total. The summed E-state index contributed by atoms with van der Waals surface area (Å²) in [6, 6.07) is 12.8. The first kappa shape index (κ1) is 32.2. The normalized spacial score (nSPS) is 12.6. The van der Waals surface area contributed by atoms with E-state index < -0.39 is 37.1 Å². The fraction of sp³-hybridized carbons (Fsp3) is 0.440. The molecular weight excluding hydrogens is 601 g/mol. The lowest BCUT2D eigenvalue weighted by atomic mass is 10.1. The molecule has 216 valence electrons. The second-order valence-electron chi connectivity index (χ2n) is 8.00. The Balaban J connectivity index is 1.95. The third-order valence-corrected chi connectivity index (χ3v) is 5.61. The van der Waals surface area contributed by atoms with Crippen molar-refractivity contribution in [3.8, 4) is 11.5 Å². The summed E-state index contributed by atoms with van der Waals surface area (Å²) < 4.78 is 83.3. The van der Waals surface area contributed by atoms with Crippen LogP contribution in [0.25, 0.3) is 0 Å². The lowest BCUT2D eigenvalue weighted by Crippen LogP contribution is -2.41. The predicted octanol–water partition coefficient (Wildman–Crippen LogP) is 5.92. The summed E-state index contributed by atoms with van der Waals surface area (Å²) in [6.07, 6.45) is -13.2. The Morgan fingerprint density at radius 2 is 1.56 bits per heavy atom. The molecule has 0 spiro atoms. The minimum Gasteiger partial charge on any atom is -0.492 e. The molecule has 0 aliphatic rings. The van der Waals surface area contributed by atoms with E-state index in [1.807, 2.05) is 0 Å². The number of aliphatic carboxylic acids is 1. The van der Waals surface area contributed by atoms with Crippen molar-refractivity contribution in [2.45, 2.75) is 38.2 Å². The molecule has 1 unspecified atom stereocenters. The number of carbonyl (C=O) groups excluding carboxylic acids is 1. The molecular formula is C25H27BrF5NO7. The molecule has 2 aromatic carbocycles. The summed E-state index contributed by atoms with van der Waals surface area (Å²) in [5.41, 5.74) is 0.693. The van der Waals surface area contributed by atoms with Gasteiger partial charge < -0.3 is 29.0 Å². The number of hydrogen-bond acceptors (Lipinski definition) is 6. The van der Waals surface area contributed by atoms with Crippen molar-refractivity contribution in [2.24, 2.45) is 0 Å². The van der Waals surface area contributed by atoms with E-state index in [-0.39, 0.29) is 44.9 Å². The van der Waals surface area contributed by atoms with Crippen LogP contribution in [0.2, 0.25) is 0 Å². The van der Waals surface area contributed by atoms with E-state index in [1.54, 1.807) is 43.3 Å². The van der Waals surface area contributed by atoms with Crippen molar-refractivity contribution >= 4 is 28.0 Å². The van der Waals surface area contributed by atoms with Gasteiger partial charge in [0.1, 0.15) is 18.1 Å². The molecule has 0 saturated heterocycles. The summed E-state index contributed by atoms with van der Waals surface area (Å²) in [7, 11) is 0. The van der Waals surface area contributed by atoms with Crippen molar-refractivity contribution < 1.29 is 55.6 Å². The molecule has 1 atom stereocenters. The molecule has 0 saturated carbocycles. The van der Waals surface area contributed by atoms with Crippen LogP contribution in [-0.4, -0.2) is 73.4 Å². The van der Waals surface area contributed by atoms with Gasteiger partial charge in [-0.25, -0.2) is 9.59 Å². The number of ether oxygens (including phenoxy) is 4. The summed E-state index contributed by atoms with van der Waals surface area (Å²) in [4.78, 5) is 25.0. The van der Waals surface area contributed by atoms with Gasteiger partial charge in [-0.15, -0.1) is 0 Å². The summed E-state index contributed by atoms with van der Waals surface area (Å²) in [5.74, 6) is -0.493. The van der Waals surface area contributed by atoms with Gasteiger partial charge in [0.15, 0.2) is 6.10 Å². The van der Waals surface area contributed by atoms with Crippen molar-refractivity contribution in [1.29, 1.82) is 0 Å². The molecule has 0 aliphatic carbocycles. The fourth-order valence-electron chi connectivity index (χ4n) is 3.13. The van der Waals surface area contributed by atoms with Crippen LogP contribution < -0.4 is 9.47 Å². The molecule has 0 aliphatic heterocycles. The maximum Gasteiger partial charge on any atom is 0.482 e. The number of alkyl halides is 5.